The normalized spacial score (nSPS) is 15.8. The van der Waals surface area contributed by atoms with Gasteiger partial charge in [0.05, 0.1) is 18.7 Å². The predicted octanol–water partition coefficient (Wildman–Crippen LogP) is 2.81. The number of nitrogens with zero attached hydrogens (tertiary/aromatic N) is 2. The van der Waals surface area contributed by atoms with Gasteiger partial charge in [0.1, 0.15) is 17.5 Å². The van der Waals surface area contributed by atoms with Crippen molar-refractivity contribution in [3.63, 3.8) is 0 Å². The van der Waals surface area contributed by atoms with E-state index >= 15 is 0 Å². The van der Waals surface area contributed by atoms with Gasteiger partial charge >= 0.3 is 0 Å². The van der Waals surface area contributed by atoms with Crippen molar-refractivity contribution in [2.75, 3.05) is 24.7 Å². The molecule has 2 aromatic carbocycles. The molecule has 0 aliphatic carbocycles. The average molecular weight is 408 g/mol. The van der Waals surface area contributed by atoms with Crippen molar-refractivity contribution in [1.82, 2.24) is 4.90 Å². The highest BCUT2D eigenvalue weighted by Crippen LogP contribution is 2.27. The molecule has 1 atom stereocenters. The molecule has 1 heterocycles. The summed E-state index contributed by atoms with van der Waals surface area (Å²) in [5, 5.41) is 0. The summed E-state index contributed by atoms with van der Waals surface area (Å²) in [6.45, 7) is 5.96. The second-order valence-corrected chi connectivity index (χ2v) is 6.65. The number of ether oxygens (including phenoxy) is 2. The van der Waals surface area contributed by atoms with Gasteiger partial charge in [0, 0.05) is 6.54 Å². The molecule has 7 heteroatoms. The first-order chi connectivity index (χ1) is 14.5. The number of anilines is 1. The van der Waals surface area contributed by atoms with Gasteiger partial charge < -0.3 is 14.4 Å². The van der Waals surface area contributed by atoms with Crippen molar-refractivity contribution in [2.24, 2.45) is 0 Å². The van der Waals surface area contributed by atoms with Crippen LogP contribution in [0.15, 0.2) is 67.3 Å². The minimum atomic E-state index is -0.894. The fourth-order valence-electron chi connectivity index (χ4n) is 3.28. The number of benzene rings is 2. The van der Waals surface area contributed by atoms with Crippen molar-refractivity contribution >= 4 is 23.4 Å². The average Bonchev–Trinajstić information content (AvgIpc) is 3.05. The van der Waals surface area contributed by atoms with E-state index in [1.54, 1.807) is 48.5 Å². The lowest BCUT2D eigenvalue weighted by molar-refractivity contribution is -0.139. The summed E-state index contributed by atoms with van der Waals surface area (Å²) in [4.78, 5) is 40.8. The fraction of sp³-hybridized carbons (Fsp3) is 0.261. The Bertz CT molecular complexity index is 911. The van der Waals surface area contributed by atoms with Gasteiger partial charge in [-0.15, -0.1) is 6.58 Å². The highest BCUT2D eigenvalue weighted by Gasteiger charge is 2.44. The lowest BCUT2D eigenvalue weighted by Gasteiger charge is -2.26. The number of para-hydroxylation sites is 1. The van der Waals surface area contributed by atoms with Crippen LogP contribution in [-0.4, -0.2) is 48.4 Å². The Kier molecular flexibility index (Phi) is 6.85. The largest absolute Gasteiger partial charge is 0.494 e. The maximum absolute atomic E-state index is 13.0. The first-order valence-corrected chi connectivity index (χ1v) is 9.73. The van der Waals surface area contributed by atoms with Crippen LogP contribution in [-0.2, 0) is 14.4 Å². The molecule has 3 rings (SSSR count). The Morgan fingerprint density at radius 2 is 1.77 bits per heavy atom. The van der Waals surface area contributed by atoms with Crippen molar-refractivity contribution in [2.45, 2.75) is 19.4 Å². The molecule has 0 saturated carbocycles. The summed E-state index contributed by atoms with van der Waals surface area (Å²) in [5.41, 5.74) is 0.447. The molecule has 1 saturated heterocycles. The summed E-state index contributed by atoms with van der Waals surface area (Å²) in [6, 6.07) is 14.7. The Morgan fingerprint density at radius 3 is 2.40 bits per heavy atom. The summed E-state index contributed by atoms with van der Waals surface area (Å²) in [6.07, 6.45) is 1.44. The Hall–Kier alpha value is -3.61. The lowest BCUT2D eigenvalue weighted by atomic mass is 10.2. The van der Waals surface area contributed by atoms with E-state index in [4.69, 9.17) is 9.47 Å². The quantitative estimate of drug-likeness (QED) is 0.471. The molecule has 0 spiro atoms. The molecule has 1 fully saturated rings. The van der Waals surface area contributed by atoms with Gasteiger partial charge in [-0.2, -0.15) is 0 Å². The third-order valence-corrected chi connectivity index (χ3v) is 4.66. The standard InChI is InChI=1S/C23H24N2O5/c1-3-14-24(22(27)16-30-18-8-6-5-7-9-18)20-15-21(26)25(23(20)28)17-10-12-19(13-11-17)29-4-2/h3,5-13,20H,1,4,14-16H2,2H3. The molecule has 0 N–H and O–H groups in total. The number of amides is 3. The molecule has 1 aliphatic rings. The minimum Gasteiger partial charge on any atom is -0.494 e. The van der Waals surface area contributed by atoms with E-state index in [-0.39, 0.29) is 25.5 Å². The number of imide groups is 1. The van der Waals surface area contributed by atoms with Gasteiger partial charge in [0.25, 0.3) is 11.8 Å². The molecular formula is C23H24N2O5. The van der Waals surface area contributed by atoms with Crippen LogP contribution in [0.4, 0.5) is 5.69 Å². The molecule has 3 amide bonds. The molecule has 0 bridgehead atoms. The number of carbonyl (C=O) groups is 3. The van der Waals surface area contributed by atoms with Gasteiger partial charge in [-0.3, -0.25) is 14.4 Å². The monoisotopic (exact) mass is 408 g/mol. The highest BCUT2D eigenvalue weighted by atomic mass is 16.5. The van der Waals surface area contributed by atoms with Gasteiger partial charge in [-0.25, -0.2) is 4.90 Å². The molecule has 30 heavy (non-hydrogen) atoms. The Balaban J connectivity index is 1.73. The van der Waals surface area contributed by atoms with E-state index in [9.17, 15) is 14.4 Å². The third kappa shape index (κ3) is 4.68. The van der Waals surface area contributed by atoms with Gasteiger partial charge in [-0.05, 0) is 43.3 Å². The maximum Gasteiger partial charge on any atom is 0.261 e. The lowest BCUT2D eigenvalue weighted by Crippen LogP contribution is -2.47. The molecule has 7 nitrogen and oxygen atoms in total. The zero-order valence-corrected chi connectivity index (χ0v) is 16.8. The minimum absolute atomic E-state index is 0.0863. The van der Waals surface area contributed by atoms with E-state index in [2.05, 4.69) is 6.58 Å². The number of hydrogen-bond acceptors (Lipinski definition) is 5. The van der Waals surface area contributed by atoms with Crippen LogP contribution < -0.4 is 14.4 Å². The topological polar surface area (TPSA) is 76.2 Å². The van der Waals surface area contributed by atoms with Crippen LogP contribution in [0, 0.1) is 0 Å². The SMILES string of the molecule is C=CCN(C(=O)COc1ccccc1)C1CC(=O)N(c2ccc(OCC)cc2)C1=O. The van der Waals surface area contributed by atoms with Crippen LogP contribution in [0.3, 0.4) is 0 Å². The van der Waals surface area contributed by atoms with Crippen LogP contribution in [0.2, 0.25) is 0 Å². The summed E-state index contributed by atoms with van der Waals surface area (Å²) >= 11 is 0. The van der Waals surface area contributed by atoms with Crippen molar-refractivity contribution < 1.29 is 23.9 Å². The van der Waals surface area contributed by atoms with E-state index in [1.807, 2.05) is 13.0 Å². The van der Waals surface area contributed by atoms with Crippen LogP contribution in [0.1, 0.15) is 13.3 Å². The molecule has 0 aromatic heterocycles. The van der Waals surface area contributed by atoms with Crippen molar-refractivity contribution in [3.8, 4) is 11.5 Å². The summed E-state index contributed by atoms with van der Waals surface area (Å²) in [5.74, 6) is 0.00479. The van der Waals surface area contributed by atoms with E-state index in [0.717, 1.165) is 4.90 Å². The molecular weight excluding hydrogens is 384 g/mol. The second kappa shape index (κ2) is 9.73. The summed E-state index contributed by atoms with van der Waals surface area (Å²) < 4.78 is 10.9. The molecule has 156 valence electrons. The zero-order valence-electron chi connectivity index (χ0n) is 16.8. The first-order valence-electron chi connectivity index (χ1n) is 9.73. The van der Waals surface area contributed by atoms with E-state index in [0.29, 0.717) is 23.8 Å². The molecule has 1 unspecified atom stereocenters. The van der Waals surface area contributed by atoms with E-state index < -0.39 is 17.9 Å². The number of carbonyl (C=O) groups excluding carboxylic acids is 3. The van der Waals surface area contributed by atoms with Gasteiger partial charge in [0.2, 0.25) is 5.91 Å². The third-order valence-electron chi connectivity index (χ3n) is 4.66. The van der Waals surface area contributed by atoms with Gasteiger partial charge in [0.15, 0.2) is 6.61 Å². The zero-order chi connectivity index (χ0) is 21.5. The van der Waals surface area contributed by atoms with Crippen LogP contribution in [0.5, 0.6) is 11.5 Å². The number of rotatable bonds is 9. The van der Waals surface area contributed by atoms with Crippen molar-refractivity contribution in [3.05, 3.63) is 67.3 Å². The summed E-state index contributed by atoms with van der Waals surface area (Å²) in [7, 11) is 0. The highest BCUT2D eigenvalue weighted by molar-refractivity contribution is 6.23. The van der Waals surface area contributed by atoms with Crippen LogP contribution in [0.25, 0.3) is 0 Å². The predicted molar refractivity (Wildman–Crippen MR) is 112 cm³/mol. The molecule has 2 aromatic rings. The smallest absolute Gasteiger partial charge is 0.261 e. The van der Waals surface area contributed by atoms with Gasteiger partial charge in [-0.1, -0.05) is 24.3 Å². The van der Waals surface area contributed by atoms with E-state index in [1.165, 1.54) is 11.0 Å². The number of hydrogen-bond donors (Lipinski definition) is 0. The van der Waals surface area contributed by atoms with Crippen molar-refractivity contribution in [1.29, 1.82) is 0 Å². The fourth-order valence-corrected chi connectivity index (χ4v) is 3.28. The molecule has 1 aliphatic heterocycles. The molecule has 0 radical (unpaired) electrons. The Labute approximate surface area is 175 Å². The second-order valence-electron chi connectivity index (χ2n) is 6.65. The Morgan fingerprint density at radius 1 is 1.10 bits per heavy atom. The first kappa shape index (κ1) is 21.1. The van der Waals surface area contributed by atoms with Crippen LogP contribution >= 0.6 is 0 Å². The maximum atomic E-state index is 13.0.